The summed E-state index contributed by atoms with van der Waals surface area (Å²) in [6, 6.07) is 0. The zero-order valence-corrected chi connectivity index (χ0v) is 12.7. The molecule has 0 aromatic carbocycles. The van der Waals surface area contributed by atoms with Gasteiger partial charge in [0.2, 0.25) is 5.91 Å². The van der Waals surface area contributed by atoms with Crippen LogP contribution in [0.2, 0.25) is 0 Å². The monoisotopic (exact) mass is 300 g/mol. The van der Waals surface area contributed by atoms with Crippen LogP contribution in [0.4, 0.5) is 0 Å². The molecule has 2 heterocycles. The van der Waals surface area contributed by atoms with Gasteiger partial charge in [0.25, 0.3) is 0 Å². The summed E-state index contributed by atoms with van der Waals surface area (Å²) in [5.41, 5.74) is 0. The van der Waals surface area contributed by atoms with E-state index in [1.165, 1.54) is 0 Å². The molecule has 7 heteroatoms. The first-order chi connectivity index (χ1) is 10.0. The molecule has 0 aliphatic carbocycles. The molecule has 2 saturated heterocycles. The van der Waals surface area contributed by atoms with Crippen molar-refractivity contribution >= 4 is 11.9 Å². The fraction of sp³-hybridized carbons (Fsp3) is 0.857. The molecule has 0 aromatic heterocycles. The Bertz CT molecular complexity index is 370. The smallest absolute Gasteiger partial charge is 0.306 e. The van der Waals surface area contributed by atoms with Crippen LogP contribution in [0.5, 0.6) is 0 Å². The summed E-state index contributed by atoms with van der Waals surface area (Å²) in [6.45, 7) is 2.78. The van der Waals surface area contributed by atoms with Gasteiger partial charge in [0.15, 0.2) is 0 Å². The van der Waals surface area contributed by atoms with Crippen LogP contribution in [0.15, 0.2) is 0 Å². The average Bonchev–Trinajstić information content (AvgIpc) is 2.89. The minimum Gasteiger partial charge on any atom is -0.481 e. The van der Waals surface area contributed by atoms with E-state index in [9.17, 15) is 9.59 Å². The van der Waals surface area contributed by atoms with Crippen molar-refractivity contribution < 1.29 is 24.2 Å². The lowest BCUT2D eigenvalue weighted by molar-refractivity contribution is -0.145. The van der Waals surface area contributed by atoms with Gasteiger partial charge in [-0.1, -0.05) is 0 Å². The number of ether oxygens (including phenoxy) is 2. The van der Waals surface area contributed by atoms with Gasteiger partial charge < -0.3 is 19.5 Å². The van der Waals surface area contributed by atoms with Crippen LogP contribution in [-0.2, 0) is 19.1 Å². The normalized spacial score (nSPS) is 28.0. The quantitative estimate of drug-likeness (QED) is 0.748. The number of nitrogens with zero attached hydrogens (tertiary/aromatic N) is 2. The molecule has 0 spiro atoms. The predicted octanol–water partition coefficient (Wildman–Crippen LogP) is -0.345. The van der Waals surface area contributed by atoms with E-state index >= 15 is 0 Å². The minimum atomic E-state index is -0.757. The Morgan fingerprint density at radius 2 is 1.62 bits per heavy atom. The van der Waals surface area contributed by atoms with Crippen LogP contribution >= 0.6 is 0 Å². The lowest BCUT2D eigenvalue weighted by Gasteiger charge is -2.31. The summed E-state index contributed by atoms with van der Waals surface area (Å²) in [6.07, 6.45) is 1.09. The molecule has 0 saturated carbocycles. The summed E-state index contributed by atoms with van der Waals surface area (Å²) in [7, 11) is 3.30. The standard InChI is InChI=1S/C14H24N2O5/c1-20-11-7-15(8-12(11)21-2)9-13(17)16-5-3-10(4-6-16)14(18)19/h10-12H,3-9H2,1-2H3,(H,18,19). The lowest BCUT2D eigenvalue weighted by Crippen LogP contribution is -2.45. The Morgan fingerprint density at radius 3 is 2.05 bits per heavy atom. The Morgan fingerprint density at radius 1 is 1.10 bits per heavy atom. The maximum Gasteiger partial charge on any atom is 0.306 e. The van der Waals surface area contributed by atoms with Gasteiger partial charge in [0.1, 0.15) is 0 Å². The second-order valence-corrected chi connectivity index (χ2v) is 5.74. The summed E-state index contributed by atoms with van der Waals surface area (Å²) in [4.78, 5) is 27.0. The van der Waals surface area contributed by atoms with Crippen LogP contribution in [0.1, 0.15) is 12.8 Å². The van der Waals surface area contributed by atoms with E-state index in [0.29, 0.717) is 45.6 Å². The zero-order chi connectivity index (χ0) is 15.4. The molecule has 2 fully saturated rings. The van der Waals surface area contributed by atoms with Gasteiger partial charge in [-0.15, -0.1) is 0 Å². The number of hydrogen-bond acceptors (Lipinski definition) is 5. The highest BCUT2D eigenvalue weighted by molar-refractivity contribution is 5.79. The first kappa shape index (κ1) is 16.2. The summed E-state index contributed by atoms with van der Waals surface area (Å²) in [5, 5.41) is 8.97. The SMILES string of the molecule is COC1CN(CC(=O)N2CCC(C(=O)O)CC2)CC1OC. The molecule has 7 nitrogen and oxygen atoms in total. The fourth-order valence-electron chi connectivity index (χ4n) is 3.07. The number of piperidine rings is 1. The molecule has 2 rings (SSSR count). The van der Waals surface area contributed by atoms with Crippen molar-refractivity contribution in [1.29, 1.82) is 0 Å². The third-order valence-electron chi connectivity index (χ3n) is 4.45. The van der Waals surface area contributed by atoms with E-state index in [1.807, 2.05) is 4.90 Å². The number of carboxylic acid groups (broad SMARTS) is 1. The van der Waals surface area contributed by atoms with E-state index in [-0.39, 0.29) is 24.0 Å². The number of amides is 1. The molecular formula is C14H24N2O5. The summed E-state index contributed by atoms with van der Waals surface area (Å²) in [5.74, 6) is -1.01. The van der Waals surface area contributed by atoms with E-state index < -0.39 is 5.97 Å². The van der Waals surface area contributed by atoms with Crippen molar-refractivity contribution in [2.45, 2.75) is 25.0 Å². The number of likely N-dealkylation sites (tertiary alicyclic amines) is 2. The number of aliphatic carboxylic acids is 1. The van der Waals surface area contributed by atoms with Crippen molar-refractivity contribution in [3.8, 4) is 0 Å². The van der Waals surface area contributed by atoms with E-state index in [0.717, 1.165) is 0 Å². The van der Waals surface area contributed by atoms with Gasteiger partial charge in [-0.2, -0.15) is 0 Å². The number of hydrogen-bond donors (Lipinski definition) is 1. The van der Waals surface area contributed by atoms with Crippen LogP contribution in [0.3, 0.4) is 0 Å². The first-order valence-electron chi connectivity index (χ1n) is 7.33. The topological polar surface area (TPSA) is 79.3 Å². The molecule has 2 atom stereocenters. The molecule has 1 N–H and O–H groups in total. The number of carbonyl (C=O) groups excluding carboxylic acids is 1. The molecule has 0 bridgehead atoms. The van der Waals surface area contributed by atoms with Crippen molar-refractivity contribution in [1.82, 2.24) is 9.80 Å². The largest absolute Gasteiger partial charge is 0.481 e. The minimum absolute atomic E-state index is 0.000506. The number of carboxylic acids is 1. The Kier molecular flexibility index (Phi) is 5.55. The Balaban J connectivity index is 1.79. The van der Waals surface area contributed by atoms with Gasteiger partial charge in [0, 0.05) is 40.4 Å². The fourth-order valence-corrected chi connectivity index (χ4v) is 3.07. The molecule has 0 aromatic rings. The lowest BCUT2D eigenvalue weighted by atomic mass is 9.97. The molecule has 120 valence electrons. The van der Waals surface area contributed by atoms with E-state index in [2.05, 4.69) is 0 Å². The van der Waals surface area contributed by atoms with Gasteiger partial charge in [-0.05, 0) is 12.8 Å². The maximum absolute atomic E-state index is 12.3. The van der Waals surface area contributed by atoms with Crippen molar-refractivity contribution in [3.63, 3.8) is 0 Å². The van der Waals surface area contributed by atoms with Gasteiger partial charge in [-0.3, -0.25) is 14.5 Å². The van der Waals surface area contributed by atoms with Crippen LogP contribution in [0.25, 0.3) is 0 Å². The molecule has 2 unspecified atom stereocenters. The van der Waals surface area contributed by atoms with E-state index in [1.54, 1.807) is 19.1 Å². The highest BCUT2D eigenvalue weighted by atomic mass is 16.5. The Labute approximate surface area is 124 Å². The average molecular weight is 300 g/mol. The third-order valence-corrected chi connectivity index (χ3v) is 4.45. The third kappa shape index (κ3) is 3.93. The molecule has 2 aliphatic rings. The first-order valence-corrected chi connectivity index (χ1v) is 7.33. The van der Waals surface area contributed by atoms with E-state index in [4.69, 9.17) is 14.6 Å². The van der Waals surface area contributed by atoms with Gasteiger partial charge in [0.05, 0.1) is 24.7 Å². The number of rotatable bonds is 5. The predicted molar refractivity (Wildman–Crippen MR) is 75.0 cm³/mol. The summed E-state index contributed by atoms with van der Waals surface area (Å²) >= 11 is 0. The van der Waals surface area contributed by atoms with Gasteiger partial charge >= 0.3 is 5.97 Å². The summed E-state index contributed by atoms with van der Waals surface area (Å²) < 4.78 is 10.7. The highest BCUT2D eigenvalue weighted by Crippen LogP contribution is 2.19. The van der Waals surface area contributed by atoms with Gasteiger partial charge in [-0.25, -0.2) is 0 Å². The van der Waals surface area contributed by atoms with Crippen LogP contribution in [-0.4, -0.2) is 85.9 Å². The molecule has 21 heavy (non-hydrogen) atoms. The second kappa shape index (κ2) is 7.20. The van der Waals surface area contributed by atoms with Crippen LogP contribution in [0, 0.1) is 5.92 Å². The maximum atomic E-state index is 12.3. The zero-order valence-electron chi connectivity index (χ0n) is 12.7. The molecule has 0 radical (unpaired) electrons. The number of carbonyl (C=O) groups is 2. The number of methoxy groups -OCH3 is 2. The molecule has 2 aliphatic heterocycles. The van der Waals surface area contributed by atoms with Crippen molar-refractivity contribution in [3.05, 3.63) is 0 Å². The second-order valence-electron chi connectivity index (χ2n) is 5.74. The molecular weight excluding hydrogens is 276 g/mol. The highest BCUT2D eigenvalue weighted by Gasteiger charge is 2.35. The van der Waals surface area contributed by atoms with Crippen molar-refractivity contribution in [2.75, 3.05) is 46.9 Å². The Hall–Kier alpha value is -1.18. The van der Waals surface area contributed by atoms with Crippen molar-refractivity contribution in [2.24, 2.45) is 5.92 Å². The molecule has 1 amide bonds. The van der Waals surface area contributed by atoms with Crippen LogP contribution < -0.4 is 0 Å².